The Bertz CT molecular complexity index is 719. The summed E-state index contributed by atoms with van der Waals surface area (Å²) in [5.74, 6) is 0. The van der Waals surface area contributed by atoms with Gasteiger partial charge in [0.05, 0.1) is 5.69 Å². The molecule has 3 aromatic rings. The Morgan fingerprint density at radius 1 is 1.15 bits per heavy atom. The summed E-state index contributed by atoms with van der Waals surface area (Å²) in [6.45, 7) is 0.609. The van der Waals surface area contributed by atoms with Gasteiger partial charge in [0.1, 0.15) is 5.65 Å². The third kappa shape index (κ3) is 2.55. The van der Waals surface area contributed by atoms with Crippen LogP contribution in [-0.4, -0.2) is 15.9 Å². The van der Waals surface area contributed by atoms with Gasteiger partial charge in [-0.2, -0.15) is 0 Å². The lowest BCUT2D eigenvalue weighted by molar-refractivity contribution is 0.882. The highest BCUT2D eigenvalue weighted by atomic mass is 35.5. The van der Waals surface area contributed by atoms with Crippen molar-refractivity contribution < 1.29 is 0 Å². The largest absolute Gasteiger partial charge is 0.330 e. The Balaban J connectivity index is 2.06. The van der Waals surface area contributed by atoms with Gasteiger partial charge in [0, 0.05) is 35.8 Å². The number of benzene rings is 1. The fraction of sp³-hybridized carbons (Fsp3) is 0.188. The molecule has 2 heterocycles. The van der Waals surface area contributed by atoms with E-state index in [-0.39, 0.29) is 0 Å². The number of hydrogen-bond donors (Lipinski definition) is 1. The first-order valence-corrected chi connectivity index (χ1v) is 7.05. The molecule has 0 atom stereocenters. The molecule has 0 aliphatic rings. The van der Waals surface area contributed by atoms with Crippen molar-refractivity contribution >= 4 is 17.2 Å². The molecule has 3 rings (SSSR count). The Kier molecular flexibility index (Phi) is 3.72. The minimum absolute atomic E-state index is 0.609. The second-order valence-corrected chi connectivity index (χ2v) is 5.22. The molecule has 0 radical (unpaired) electrons. The Hall–Kier alpha value is -1.84. The van der Waals surface area contributed by atoms with Gasteiger partial charge in [0.15, 0.2) is 0 Å². The van der Waals surface area contributed by atoms with E-state index in [2.05, 4.69) is 16.5 Å². The first-order valence-electron chi connectivity index (χ1n) is 6.67. The van der Waals surface area contributed by atoms with E-state index in [1.807, 2.05) is 36.5 Å². The van der Waals surface area contributed by atoms with Crippen LogP contribution in [0.4, 0.5) is 0 Å². The molecule has 0 spiro atoms. The lowest BCUT2D eigenvalue weighted by atomic mass is 10.1. The van der Waals surface area contributed by atoms with Gasteiger partial charge >= 0.3 is 0 Å². The van der Waals surface area contributed by atoms with Gasteiger partial charge in [-0.05, 0) is 18.2 Å². The molecule has 20 heavy (non-hydrogen) atoms. The first kappa shape index (κ1) is 13.2. The summed E-state index contributed by atoms with van der Waals surface area (Å²) in [5.41, 5.74) is 10.1. The van der Waals surface area contributed by atoms with Crippen LogP contribution in [0.2, 0.25) is 5.02 Å². The molecule has 0 saturated carbocycles. The molecule has 0 saturated heterocycles. The maximum atomic E-state index is 6.04. The zero-order chi connectivity index (χ0) is 13.9. The number of rotatable bonds is 4. The van der Waals surface area contributed by atoms with Crippen molar-refractivity contribution in [2.75, 3.05) is 6.54 Å². The lowest BCUT2D eigenvalue weighted by Gasteiger charge is -2.04. The van der Waals surface area contributed by atoms with Crippen LogP contribution in [0.25, 0.3) is 5.65 Å². The van der Waals surface area contributed by atoms with Crippen molar-refractivity contribution in [2.45, 2.75) is 12.8 Å². The molecular formula is C16H16ClN3. The molecule has 3 nitrogen and oxygen atoms in total. The molecule has 1 aromatic carbocycles. The molecule has 102 valence electrons. The van der Waals surface area contributed by atoms with E-state index in [1.165, 1.54) is 11.3 Å². The zero-order valence-corrected chi connectivity index (χ0v) is 11.8. The van der Waals surface area contributed by atoms with Crippen molar-refractivity contribution in [1.82, 2.24) is 9.38 Å². The molecule has 0 aliphatic carbocycles. The number of nitrogens with two attached hydrogens (primary N) is 1. The summed E-state index contributed by atoms with van der Waals surface area (Å²) >= 11 is 6.04. The summed E-state index contributed by atoms with van der Waals surface area (Å²) < 4.78 is 2.08. The maximum absolute atomic E-state index is 6.04. The fourth-order valence-corrected chi connectivity index (χ4v) is 2.61. The van der Waals surface area contributed by atoms with E-state index in [0.717, 1.165) is 24.2 Å². The average Bonchev–Trinajstić information content (AvgIpc) is 2.77. The predicted octanol–water partition coefficient (Wildman–Crippen LogP) is 3.08. The summed E-state index contributed by atoms with van der Waals surface area (Å²) in [6, 6.07) is 14.1. The predicted molar refractivity (Wildman–Crippen MR) is 82.2 cm³/mol. The van der Waals surface area contributed by atoms with Gasteiger partial charge in [-0.3, -0.25) is 0 Å². The smallest absolute Gasteiger partial charge is 0.138 e. The van der Waals surface area contributed by atoms with E-state index in [1.54, 1.807) is 0 Å². The number of nitrogens with zero attached hydrogens (tertiary/aromatic N) is 2. The first-order chi connectivity index (χ1) is 9.78. The van der Waals surface area contributed by atoms with E-state index < -0.39 is 0 Å². The summed E-state index contributed by atoms with van der Waals surface area (Å²) in [7, 11) is 0. The van der Waals surface area contributed by atoms with Crippen LogP contribution in [-0.2, 0) is 12.8 Å². The number of imidazole rings is 1. The number of aromatic nitrogens is 2. The highest BCUT2D eigenvalue weighted by Crippen LogP contribution is 2.19. The van der Waals surface area contributed by atoms with Crippen molar-refractivity contribution in [1.29, 1.82) is 0 Å². The van der Waals surface area contributed by atoms with E-state index in [9.17, 15) is 0 Å². The van der Waals surface area contributed by atoms with Crippen LogP contribution in [0.1, 0.15) is 17.0 Å². The Morgan fingerprint density at radius 3 is 2.70 bits per heavy atom. The van der Waals surface area contributed by atoms with Crippen LogP contribution in [0.3, 0.4) is 0 Å². The molecular weight excluding hydrogens is 270 g/mol. The monoisotopic (exact) mass is 285 g/mol. The van der Waals surface area contributed by atoms with Crippen molar-refractivity contribution in [3.63, 3.8) is 0 Å². The molecule has 0 bridgehead atoms. The normalized spacial score (nSPS) is 11.1. The van der Waals surface area contributed by atoms with Crippen LogP contribution < -0.4 is 5.73 Å². The van der Waals surface area contributed by atoms with Crippen molar-refractivity contribution in [3.8, 4) is 0 Å². The molecule has 0 fully saturated rings. The molecule has 0 unspecified atom stereocenters. The average molecular weight is 286 g/mol. The highest BCUT2D eigenvalue weighted by molar-refractivity contribution is 6.30. The van der Waals surface area contributed by atoms with Gasteiger partial charge in [-0.15, -0.1) is 0 Å². The van der Waals surface area contributed by atoms with Crippen LogP contribution in [0.15, 0.2) is 48.7 Å². The van der Waals surface area contributed by atoms with E-state index >= 15 is 0 Å². The molecule has 4 heteroatoms. The minimum atomic E-state index is 0.609. The molecule has 2 aromatic heterocycles. The van der Waals surface area contributed by atoms with Crippen LogP contribution in [0, 0.1) is 0 Å². The molecule has 0 amide bonds. The fourth-order valence-electron chi connectivity index (χ4n) is 2.45. The summed E-state index contributed by atoms with van der Waals surface area (Å²) in [5, 5.41) is 0.702. The van der Waals surface area contributed by atoms with Crippen molar-refractivity contribution in [2.24, 2.45) is 5.73 Å². The van der Waals surface area contributed by atoms with Gasteiger partial charge < -0.3 is 10.1 Å². The Morgan fingerprint density at radius 2 is 1.95 bits per heavy atom. The number of hydrogen-bond acceptors (Lipinski definition) is 2. The van der Waals surface area contributed by atoms with Crippen molar-refractivity contribution in [3.05, 3.63) is 70.6 Å². The quantitative estimate of drug-likeness (QED) is 0.800. The summed E-state index contributed by atoms with van der Waals surface area (Å²) in [6.07, 6.45) is 3.59. The van der Waals surface area contributed by atoms with E-state index in [4.69, 9.17) is 22.3 Å². The zero-order valence-electron chi connectivity index (χ0n) is 11.1. The minimum Gasteiger partial charge on any atom is -0.330 e. The third-order valence-corrected chi connectivity index (χ3v) is 3.60. The van der Waals surface area contributed by atoms with E-state index in [0.29, 0.717) is 11.6 Å². The number of fused-ring (bicyclic) bond motifs is 1. The summed E-state index contributed by atoms with van der Waals surface area (Å²) in [4.78, 5) is 4.71. The molecule has 0 aliphatic heterocycles. The maximum Gasteiger partial charge on any atom is 0.138 e. The second kappa shape index (κ2) is 5.65. The van der Waals surface area contributed by atoms with Gasteiger partial charge in [-0.1, -0.05) is 41.9 Å². The standard InChI is InChI=1S/C16H16ClN3/c17-13-7-9-20-15(6-8-18)14(19-16(20)11-13)10-12-4-2-1-3-5-12/h1-5,7,9,11H,6,8,10,18H2. The van der Waals surface area contributed by atoms with Crippen LogP contribution >= 0.6 is 11.6 Å². The lowest BCUT2D eigenvalue weighted by Crippen LogP contribution is -2.07. The SMILES string of the molecule is NCCc1c(Cc2ccccc2)nc2cc(Cl)ccn12. The van der Waals surface area contributed by atoms with Crippen LogP contribution in [0.5, 0.6) is 0 Å². The molecule has 2 N–H and O–H groups in total. The topological polar surface area (TPSA) is 43.3 Å². The Labute approximate surface area is 123 Å². The number of pyridine rings is 1. The third-order valence-electron chi connectivity index (χ3n) is 3.37. The second-order valence-electron chi connectivity index (χ2n) is 4.78. The van der Waals surface area contributed by atoms with Gasteiger partial charge in [-0.25, -0.2) is 4.98 Å². The number of halogens is 1. The highest BCUT2D eigenvalue weighted by Gasteiger charge is 2.12. The van der Waals surface area contributed by atoms with Gasteiger partial charge in [0.25, 0.3) is 0 Å². The van der Waals surface area contributed by atoms with Gasteiger partial charge in [0.2, 0.25) is 0 Å².